The smallest absolute Gasteiger partial charge is 0.253 e. The van der Waals surface area contributed by atoms with E-state index in [0.717, 1.165) is 17.7 Å². The highest BCUT2D eigenvalue weighted by Crippen LogP contribution is 2.45. The number of furan rings is 1. The lowest BCUT2D eigenvalue weighted by molar-refractivity contribution is -0.200. The summed E-state index contributed by atoms with van der Waals surface area (Å²) in [4.78, 5) is 34.6. The number of carbonyl (C=O) groups excluding carboxylic acids is 2. The molecule has 0 saturated carbocycles. The van der Waals surface area contributed by atoms with Gasteiger partial charge in [-0.15, -0.1) is 11.3 Å². The SMILES string of the molecule is O=C(CC1(c2ccc(-c3ccco3)s2)CCN(C(=O)c2ccccc2)CCS1(=O)=O)NOC1CCCCO1. The second-order valence-corrected chi connectivity index (χ2v) is 13.0. The summed E-state index contributed by atoms with van der Waals surface area (Å²) in [6.07, 6.45) is 3.24. The van der Waals surface area contributed by atoms with Gasteiger partial charge in [-0.25, -0.2) is 18.7 Å². The Hall–Kier alpha value is -2.99. The Balaban J connectivity index is 1.43. The number of thiophene rings is 1. The number of hydroxylamine groups is 1. The Morgan fingerprint density at radius 1 is 1.08 bits per heavy atom. The average molecular weight is 559 g/mol. The molecule has 1 aromatic carbocycles. The summed E-state index contributed by atoms with van der Waals surface area (Å²) in [5.41, 5.74) is 2.92. The molecule has 0 bridgehead atoms. The minimum atomic E-state index is -3.88. The minimum absolute atomic E-state index is 0.0439. The standard InChI is InChI=1S/C27H30N2O7S2/c30-24(28-36-25-10-4-5-16-35-25)19-27(23-12-11-22(37-23)21-9-6-17-34-21)13-14-29(15-18-38(27,32)33)26(31)20-7-2-1-3-8-20/h1-3,6-9,11-12,17,25H,4-5,10,13-16,18-19H2,(H,28,30). The number of nitrogens with one attached hydrogen (secondary N) is 1. The van der Waals surface area contributed by atoms with Crippen LogP contribution in [0, 0.1) is 0 Å². The molecule has 2 fully saturated rings. The van der Waals surface area contributed by atoms with Crippen LogP contribution in [0.1, 0.15) is 47.3 Å². The summed E-state index contributed by atoms with van der Waals surface area (Å²) in [6, 6.07) is 15.9. The van der Waals surface area contributed by atoms with Crippen LogP contribution in [0.25, 0.3) is 10.6 Å². The van der Waals surface area contributed by atoms with Crippen LogP contribution in [0.3, 0.4) is 0 Å². The lowest BCUT2D eigenvalue weighted by Crippen LogP contribution is -2.43. The lowest BCUT2D eigenvalue weighted by atomic mass is 9.97. The van der Waals surface area contributed by atoms with Crippen molar-refractivity contribution in [2.24, 2.45) is 0 Å². The van der Waals surface area contributed by atoms with Crippen molar-refractivity contribution in [1.29, 1.82) is 0 Å². The molecule has 2 aliphatic heterocycles. The highest BCUT2D eigenvalue weighted by atomic mass is 32.2. The molecule has 2 amide bonds. The van der Waals surface area contributed by atoms with Crippen molar-refractivity contribution in [3.8, 4) is 10.6 Å². The summed E-state index contributed by atoms with van der Waals surface area (Å²) < 4.78 is 37.4. The van der Waals surface area contributed by atoms with E-state index in [0.29, 0.717) is 29.2 Å². The average Bonchev–Trinajstić information content (AvgIpc) is 3.62. The molecule has 2 aromatic heterocycles. The van der Waals surface area contributed by atoms with E-state index in [9.17, 15) is 18.0 Å². The summed E-state index contributed by atoms with van der Waals surface area (Å²) >= 11 is 1.28. The third-order valence-corrected chi connectivity index (χ3v) is 10.9. The molecule has 2 atom stereocenters. The summed E-state index contributed by atoms with van der Waals surface area (Å²) in [7, 11) is -3.88. The van der Waals surface area contributed by atoms with Gasteiger partial charge in [-0.2, -0.15) is 0 Å². The predicted molar refractivity (Wildman–Crippen MR) is 142 cm³/mol. The Morgan fingerprint density at radius 2 is 1.92 bits per heavy atom. The van der Waals surface area contributed by atoms with E-state index in [1.807, 2.05) is 6.07 Å². The summed E-state index contributed by atoms with van der Waals surface area (Å²) in [6.45, 7) is 0.776. The highest BCUT2D eigenvalue weighted by Gasteiger charge is 2.50. The fourth-order valence-electron chi connectivity index (χ4n) is 4.90. The minimum Gasteiger partial charge on any atom is -0.464 e. The normalized spacial score (nSPS) is 23.5. The van der Waals surface area contributed by atoms with Crippen LogP contribution in [0.2, 0.25) is 0 Å². The van der Waals surface area contributed by atoms with Gasteiger partial charge < -0.3 is 14.1 Å². The molecule has 38 heavy (non-hydrogen) atoms. The van der Waals surface area contributed by atoms with E-state index in [-0.39, 0.29) is 37.6 Å². The van der Waals surface area contributed by atoms with Crippen LogP contribution < -0.4 is 5.48 Å². The molecule has 2 aliphatic rings. The molecule has 4 heterocycles. The van der Waals surface area contributed by atoms with E-state index in [1.54, 1.807) is 59.7 Å². The number of nitrogens with zero attached hydrogens (tertiary/aromatic N) is 1. The molecule has 1 N–H and O–H groups in total. The Morgan fingerprint density at radius 3 is 2.66 bits per heavy atom. The molecule has 2 unspecified atom stereocenters. The second kappa shape index (κ2) is 11.4. The second-order valence-electron chi connectivity index (χ2n) is 9.48. The maximum Gasteiger partial charge on any atom is 0.253 e. The Bertz CT molecular complexity index is 1350. The molecule has 3 aromatic rings. The first-order valence-electron chi connectivity index (χ1n) is 12.6. The highest BCUT2D eigenvalue weighted by molar-refractivity contribution is 7.92. The van der Waals surface area contributed by atoms with Gasteiger partial charge in [0.25, 0.3) is 5.91 Å². The van der Waals surface area contributed by atoms with Gasteiger partial charge >= 0.3 is 0 Å². The van der Waals surface area contributed by atoms with E-state index >= 15 is 0 Å². The Labute approximate surface area is 225 Å². The van der Waals surface area contributed by atoms with Gasteiger partial charge in [0.05, 0.1) is 23.3 Å². The van der Waals surface area contributed by atoms with Gasteiger partial charge in [-0.1, -0.05) is 18.2 Å². The zero-order valence-electron chi connectivity index (χ0n) is 20.8. The maximum atomic E-state index is 14.0. The number of rotatable bonds is 7. The number of hydrogen-bond donors (Lipinski definition) is 1. The molecule has 0 spiro atoms. The summed E-state index contributed by atoms with van der Waals surface area (Å²) in [5.74, 6) is -0.440. The molecule has 0 aliphatic carbocycles. The van der Waals surface area contributed by atoms with Crippen molar-refractivity contribution in [3.05, 3.63) is 71.3 Å². The zero-order valence-corrected chi connectivity index (χ0v) is 22.5. The fourth-order valence-corrected chi connectivity index (χ4v) is 8.47. The number of benzene rings is 1. The van der Waals surface area contributed by atoms with Crippen LogP contribution in [0.5, 0.6) is 0 Å². The number of amides is 2. The molecule has 9 nitrogen and oxygen atoms in total. The van der Waals surface area contributed by atoms with Crippen LogP contribution in [-0.2, 0) is 29.0 Å². The molecular weight excluding hydrogens is 528 g/mol. The van der Waals surface area contributed by atoms with Gasteiger partial charge in [0, 0.05) is 36.6 Å². The van der Waals surface area contributed by atoms with E-state index in [1.165, 1.54) is 11.3 Å². The number of carbonyl (C=O) groups is 2. The van der Waals surface area contributed by atoms with Gasteiger partial charge in [-0.05, 0) is 55.7 Å². The van der Waals surface area contributed by atoms with Crippen LogP contribution in [-0.4, -0.2) is 56.9 Å². The number of sulfone groups is 1. The Kier molecular flexibility index (Phi) is 7.98. The van der Waals surface area contributed by atoms with Crippen molar-refractivity contribution in [1.82, 2.24) is 10.4 Å². The first kappa shape index (κ1) is 26.6. The number of ether oxygens (including phenoxy) is 1. The first-order chi connectivity index (χ1) is 18.4. The molecule has 2 saturated heterocycles. The molecule has 5 rings (SSSR count). The number of hydrogen-bond acceptors (Lipinski definition) is 8. The third-order valence-electron chi connectivity index (χ3n) is 7.03. The van der Waals surface area contributed by atoms with Crippen molar-refractivity contribution in [2.75, 3.05) is 25.4 Å². The molecule has 202 valence electrons. The monoisotopic (exact) mass is 558 g/mol. The molecular formula is C27H30N2O7S2. The largest absolute Gasteiger partial charge is 0.464 e. The van der Waals surface area contributed by atoms with Gasteiger partial charge in [0.2, 0.25) is 5.91 Å². The van der Waals surface area contributed by atoms with Gasteiger partial charge in [-0.3, -0.25) is 9.59 Å². The third kappa shape index (κ3) is 5.56. The topological polar surface area (TPSA) is 115 Å². The first-order valence-corrected chi connectivity index (χ1v) is 15.1. The molecule has 0 radical (unpaired) electrons. The zero-order chi connectivity index (χ0) is 26.6. The van der Waals surface area contributed by atoms with Gasteiger partial charge in [0.1, 0.15) is 10.5 Å². The van der Waals surface area contributed by atoms with Crippen molar-refractivity contribution in [2.45, 2.75) is 43.1 Å². The van der Waals surface area contributed by atoms with E-state index in [4.69, 9.17) is 14.0 Å². The van der Waals surface area contributed by atoms with E-state index in [2.05, 4.69) is 5.48 Å². The van der Waals surface area contributed by atoms with Crippen LogP contribution >= 0.6 is 11.3 Å². The van der Waals surface area contributed by atoms with Gasteiger partial charge in [0.15, 0.2) is 16.1 Å². The van der Waals surface area contributed by atoms with Crippen molar-refractivity contribution < 1.29 is 32.0 Å². The molecule has 11 heteroatoms. The predicted octanol–water partition coefficient (Wildman–Crippen LogP) is 4.13. The van der Waals surface area contributed by atoms with Crippen LogP contribution in [0.15, 0.2) is 65.3 Å². The summed E-state index contributed by atoms with van der Waals surface area (Å²) in [5, 5.41) is 0. The van der Waals surface area contributed by atoms with Crippen molar-refractivity contribution in [3.63, 3.8) is 0 Å². The lowest BCUT2D eigenvalue weighted by Gasteiger charge is -2.31. The fraction of sp³-hybridized carbons (Fsp3) is 0.407. The van der Waals surface area contributed by atoms with Crippen molar-refractivity contribution >= 4 is 33.0 Å². The maximum absolute atomic E-state index is 14.0. The van der Waals surface area contributed by atoms with E-state index < -0.39 is 26.8 Å². The van der Waals surface area contributed by atoms with Crippen LogP contribution in [0.4, 0.5) is 0 Å². The quantitative estimate of drug-likeness (QED) is 0.434.